The topological polar surface area (TPSA) is 3.01 Å². The van der Waals surface area contributed by atoms with Crippen LogP contribution in [0.1, 0.15) is 13.8 Å². The van der Waals surface area contributed by atoms with E-state index < -0.39 is 0 Å². The molecule has 1 saturated heterocycles. The predicted molar refractivity (Wildman–Crippen MR) is 26.7 cm³/mol. The van der Waals surface area contributed by atoms with Gasteiger partial charge in [-0.2, -0.15) is 0 Å². The van der Waals surface area contributed by atoms with E-state index in [0.717, 1.165) is 6.04 Å². The summed E-state index contributed by atoms with van der Waals surface area (Å²) >= 11 is 0. The van der Waals surface area contributed by atoms with Crippen molar-refractivity contribution in [3.8, 4) is 0 Å². The quantitative estimate of drug-likeness (QED) is 0.424. The van der Waals surface area contributed by atoms with Crippen LogP contribution in [-0.4, -0.2) is 24.0 Å². The van der Waals surface area contributed by atoms with Gasteiger partial charge in [0.1, 0.15) is 0 Å². The molecule has 0 radical (unpaired) electrons. The third-order valence-corrected chi connectivity index (χ3v) is 1.39. The van der Waals surface area contributed by atoms with Crippen LogP contribution < -0.4 is 0 Å². The normalized spacial score (nSPS) is 43.0. The highest BCUT2D eigenvalue weighted by atomic mass is 15.3. The van der Waals surface area contributed by atoms with Gasteiger partial charge in [0, 0.05) is 12.6 Å². The van der Waals surface area contributed by atoms with E-state index in [0.29, 0.717) is 0 Å². The Bertz CT molecular complexity index is 49.9. The maximum Gasteiger partial charge on any atom is 0.0195 e. The van der Waals surface area contributed by atoms with E-state index in [4.69, 9.17) is 0 Å². The van der Waals surface area contributed by atoms with Gasteiger partial charge in [-0.15, -0.1) is 0 Å². The largest absolute Gasteiger partial charge is 0.298 e. The second-order valence-corrected chi connectivity index (χ2v) is 1.94. The van der Waals surface area contributed by atoms with E-state index in [1.807, 2.05) is 0 Å². The van der Waals surface area contributed by atoms with Crippen LogP contribution in [0.2, 0.25) is 0 Å². The van der Waals surface area contributed by atoms with Crippen molar-refractivity contribution in [1.29, 1.82) is 0 Å². The van der Waals surface area contributed by atoms with Crippen LogP contribution in [0.25, 0.3) is 0 Å². The van der Waals surface area contributed by atoms with E-state index in [1.165, 1.54) is 13.1 Å². The summed E-state index contributed by atoms with van der Waals surface area (Å²) in [7, 11) is 0. The third kappa shape index (κ3) is 0.548. The molecule has 1 nitrogen and oxygen atoms in total. The molecule has 1 rings (SSSR count). The highest BCUT2D eigenvalue weighted by Gasteiger charge is 2.25. The smallest absolute Gasteiger partial charge is 0.0195 e. The van der Waals surface area contributed by atoms with Crippen LogP contribution in [0.3, 0.4) is 0 Å². The van der Waals surface area contributed by atoms with Crippen LogP contribution >= 0.6 is 0 Å². The molecule has 1 aliphatic heterocycles. The van der Waals surface area contributed by atoms with Gasteiger partial charge in [0.15, 0.2) is 0 Å². The molecule has 1 heteroatoms. The second-order valence-electron chi connectivity index (χ2n) is 1.94. The van der Waals surface area contributed by atoms with Crippen LogP contribution in [0, 0.1) is 0 Å². The number of hydrogen-bond acceptors (Lipinski definition) is 1. The summed E-state index contributed by atoms with van der Waals surface area (Å²) in [6.07, 6.45) is 0. The minimum absolute atomic E-state index is 0.898. The minimum atomic E-state index is 0.898. The van der Waals surface area contributed by atoms with Gasteiger partial charge in [-0.3, -0.25) is 4.90 Å². The van der Waals surface area contributed by atoms with Crippen molar-refractivity contribution in [1.82, 2.24) is 4.90 Å². The summed E-state index contributed by atoms with van der Waals surface area (Å²) in [5, 5.41) is 0. The summed E-state index contributed by atoms with van der Waals surface area (Å²) in [5.41, 5.74) is 0. The van der Waals surface area contributed by atoms with E-state index in [9.17, 15) is 0 Å². The minimum Gasteiger partial charge on any atom is -0.298 e. The third-order valence-electron chi connectivity index (χ3n) is 1.39. The van der Waals surface area contributed by atoms with Crippen LogP contribution in [0.15, 0.2) is 0 Å². The van der Waals surface area contributed by atoms with Gasteiger partial charge >= 0.3 is 0 Å². The summed E-state index contributed by atoms with van der Waals surface area (Å²) in [4.78, 5) is 2.42. The standard InChI is InChI=1S/C5H11N/c1-3-6-4-5(6)2/h5H,3-4H2,1-2H3/t5-,6?/m1/s1. The first-order valence-electron chi connectivity index (χ1n) is 2.58. The Hall–Kier alpha value is -0.0400. The molecule has 36 valence electrons. The number of rotatable bonds is 1. The van der Waals surface area contributed by atoms with Gasteiger partial charge < -0.3 is 0 Å². The van der Waals surface area contributed by atoms with E-state index in [1.54, 1.807) is 0 Å². The lowest BCUT2D eigenvalue weighted by Gasteiger charge is -1.87. The van der Waals surface area contributed by atoms with E-state index in [-0.39, 0.29) is 0 Å². The molecule has 0 N–H and O–H groups in total. The molecule has 0 amide bonds. The summed E-state index contributed by atoms with van der Waals surface area (Å²) in [6.45, 7) is 7.02. The van der Waals surface area contributed by atoms with Crippen molar-refractivity contribution in [2.24, 2.45) is 0 Å². The Morgan fingerprint density at radius 2 is 2.33 bits per heavy atom. The maximum absolute atomic E-state index is 2.42. The zero-order chi connectivity index (χ0) is 4.57. The van der Waals surface area contributed by atoms with Gasteiger partial charge in [-0.05, 0) is 13.5 Å². The van der Waals surface area contributed by atoms with Crippen LogP contribution in [0.5, 0.6) is 0 Å². The Labute approximate surface area is 39.0 Å². The summed E-state index contributed by atoms with van der Waals surface area (Å²) < 4.78 is 0. The van der Waals surface area contributed by atoms with Crippen molar-refractivity contribution < 1.29 is 0 Å². The number of nitrogens with zero attached hydrogens (tertiary/aromatic N) is 1. The molecule has 1 heterocycles. The predicted octanol–water partition coefficient (Wildman–Crippen LogP) is 0.710. The average molecular weight is 85.1 g/mol. The van der Waals surface area contributed by atoms with Gasteiger partial charge in [0.05, 0.1) is 0 Å². The molecule has 1 aliphatic rings. The van der Waals surface area contributed by atoms with Crippen molar-refractivity contribution >= 4 is 0 Å². The van der Waals surface area contributed by atoms with E-state index >= 15 is 0 Å². The molecular weight excluding hydrogens is 74.1 g/mol. The molecule has 0 aromatic carbocycles. The Morgan fingerprint density at radius 1 is 1.83 bits per heavy atom. The fraction of sp³-hybridized carbons (Fsp3) is 1.00. The molecule has 0 bridgehead atoms. The number of hydrogen-bond donors (Lipinski definition) is 0. The van der Waals surface area contributed by atoms with Crippen molar-refractivity contribution in [2.75, 3.05) is 13.1 Å². The monoisotopic (exact) mass is 85.1 g/mol. The SMILES string of the molecule is CCN1C[C@H]1C. The molecule has 1 unspecified atom stereocenters. The molecule has 6 heavy (non-hydrogen) atoms. The van der Waals surface area contributed by atoms with Gasteiger partial charge in [0.25, 0.3) is 0 Å². The Morgan fingerprint density at radius 3 is 2.33 bits per heavy atom. The van der Waals surface area contributed by atoms with Gasteiger partial charge in [0.2, 0.25) is 0 Å². The van der Waals surface area contributed by atoms with Gasteiger partial charge in [-0.25, -0.2) is 0 Å². The fourth-order valence-electron chi connectivity index (χ4n) is 0.733. The maximum atomic E-state index is 2.42. The van der Waals surface area contributed by atoms with Crippen molar-refractivity contribution in [3.05, 3.63) is 0 Å². The van der Waals surface area contributed by atoms with Crippen LogP contribution in [-0.2, 0) is 0 Å². The number of likely N-dealkylation sites (N-methyl/N-ethyl adjacent to an activating group) is 1. The fourth-order valence-corrected chi connectivity index (χ4v) is 0.733. The zero-order valence-corrected chi connectivity index (χ0v) is 4.44. The van der Waals surface area contributed by atoms with Crippen LogP contribution in [0.4, 0.5) is 0 Å². The van der Waals surface area contributed by atoms with Gasteiger partial charge in [-0.1, -0.05) is 6.92 Å². The summed E-state index contributed by atoms with van der Waals surface area (Å²) in [6, 6.07) is 0.898. The molecule has 0 aromatic heterocycles. The Kier molecular flexibility index (Phi) is 0.845. The van der Waals surface area contributed by atoms with Crippen molar-refractivity contribution in [3.63, 3.8) is 0 Å². The first-order chi connectivity index (χ1) is 2.84. The highest BCUT2D eigenvalue weighted by Crippen LogP contribution is 2.13. The molecule has 0 aliphatic carbocycles. The molecule has 0 spiro atoms. The molecular formula is C5H11N. The molecule has 0 saturated carbocycles. The summed E-state index contributed by atoms with van der Waals surface area (Å²) in [5.74, 6) is 0. The second kappa shape index (κ2) is 1.23. The first kappa shape index (κ1) is 4.13. The van der Waals surface area contributed by atoms with Crippen molar-refractivity contribution in [2.45, 2.75) is 19.9 Å². The highest BCUT2D eigenvalue weighted by molar-refractivity contribution is 4.82. The lowest BCUT2D eigenvalue weighted by Crippen LogP contribution is -1.95. The first-order valence-corrected chi connectivity index (χ1v) is 2.58. The Balaban J connectivity index is 2.09. The molecule has 0 aromatic rings. The molecule has 2 atom stereocenters. The zero-order valence-electron chi connectivity index (χ0n) is 4.44. The average Bonchev–Trinajstić information content (AvgIpc) is 2.19. The lowest BCUT2D eigenvalue weighted by molar-refractivity contribution is 0.550. The lowest BCUT2D eigenvalue weighted by atomic mass is 10.6. The van der Waals surface area contributed by atoms with E-state index in [2.05, 4.69) is 18.7 Å². The molecule has 1 fully saturated rings.